The minimum Gasteiger partial charge on any atom is -0.463 e. The van der Waals surface area contributed by atoms with Gasteiger partial charge in [-0.05, 0) is 41.3 Å². The zero-order chi connectivity index (χ0) is 18.8. The summed E-state index contributed by atoms with van der Waals surface area (Å²) in [6.07, 6.45) is 1.65. The zero-order valence-corrected chi connectivity index (χ0v) is 16.4. The number of esters is 1. The van der Waals surface area contributed by atoms with Crippen LogP contribution in [-0.4, -0.2) is 5.97 Å². The van der Waals surface area contributed by atoms with Crippen LogP contribution >= 0.6 is 27.3 Å². The average Bonchev–Trinajstić information content (AvgIpc) is 3.16. The molecule has 0 aliphatic carbocycles. The Balaban J connectivity index is 1.62. The Morgan fingerprint density at radius 1 is 1.11 bits per heavy atom. The first-order chi connectivity index (χ1) is 13.1. The van der Waals surface area contributed by atoms with Crippen LogP contribution in [0.1, 0.15) is 4.88 Å². The van der Waals surface area contributed by atoms with Gasteiger partial charge in [0.05, 0.1) is 17.4 Å². The molecule has 0 aliphatic heterocycles. The second-order valence-corrected chi connectivity index (χ2v) is 7.82. The second-order valence-electron chi connectivity index (χ2n) is 5.87. The molecule has 0 atom stereocenters. The number of carbonyl (C=O) groups is 1. The number of benzene rings is 2. The van der Waals surface area contributed by atoms with Crippen molar-refractivity contribution < 1.29 is 13.9 Å². The van der Waals surface area contributed by atoms with Crippen molar-refractivity contribution in [3.05, 3.63) is 85.8 Å². The maximum Gasteiger partial charge on any atom is 0.316 e. The molecule has 27 heavy (non-hydrogen) atoms. The highest BCUT2D eigenvalue weighted by atomic mass is 79.9. The van der Waals surface area contributed by atoms with Crippen LogP contribution in [0.4, 0.5) is 0 Å². The van der Waals surface area contributed by atoms with Crippen molar-refractivity contribution in [1.29, 1.82) is 0 Å². The zero-order valence-electron chi connectivity index (χ0n) is 14.0. The van der Waals surface area contributed by atoms with Crippen molar-refractivity contribution in [1.82, 2.24) is 0 Å². The molecule has 0 spiro atoms. The quantitative estimate of drug-likeness (QED) is 0.313. The maximum atomic E-state index is 12.8. The lowest BCUT2D eigenvalue weighted by Crippen LogP contribution is -2.10. The summed E-state index contributed by atoms with van der Waals surface area (Å²) >= 11 is 4.88. The molecular weight excluding hydrogens is 428 g/mol. The van der Waals surface area contributed by atoms with Crippen molar-refractivity contribution in [2.75, 3.05) is 0 Å². The molecular formula is C21H13BrO4S. The fraction of sp³-hybridized carbons (Fsp3) is 0.0476. The molecule has 0 bridgehead atoms. The lowest BCUT2D eigenvalue weighted by atomic mass is 10.1. The lowest BCUT2D eigenvalue weighted by Gasteiger charge is -2.06. The first-order valence-corrected chi connectivity index (χ1v) is 9.82. The summed E-state index contributed by atoms with van der Waals surface area (Å²) in [7, 11) is 0. The first-order valence-electron chi connectivity index (χ1n) is 8.15. The lowest BCUT2D eigenvalue weighted by molar-refractivity contribution is -0.133. The smallest absolute Gasteiger partial charge is 0.316 e. The monoisotopic (exact) mass is 440 g/mol. The molecule has 2 heterocycles. The number of hydrogen-bond acceptors (Lipinski definition) is 5. The third kappa shape index (κ3) is 3.86. The predicted molar refractivity (Wildman–Crippen MR) is 109 cm³/mol. The Bertz CT molecular complexity index is 1160. The van der Waals surface area contributed by atoms with Gasteiger partial charge in [0.1, 0.15) is 17.6 Å². The fourth-order valence-corrected chi connectivity index (χ4v) is 3.68. The molecule has 0 radical (unpaired) electrons. The Morgan fingerprint density at radius 2 is 1.93 bits per heavy atom. The van der Waals surface area contributed by atoms with Crippen LogP contribution in [-0.2, 0) is 11.2 Å². The highest BCUT2D eigenvalue weighted by Crippen LogP contribution is 2.24. The van der Waals surface area contributed by atoms with Gasteiger partial charge in [-0.1, -0.05) is 34.1 Å². The normalized spacial score (nSPS) is 10.9. The van der Waals surface area contributed by atoms with Crippen molar-refractivity contribution in [2.45, 2.75) is 6.42 Å². The number of rotatable bonds is 4. The third-order valence-electron chi connectivity index (χ3n) is 4.03. The Kier molecular flexibility index (Phi) is 4.92. The number of halogens is 1. The molecule has 0 amide bonds. The maximum absolute atomic E-state index is 12.8. The van der Waals surface area contributed by atoms with E-state index in [0.29, 0.717) is 22.3 Å². The molecule has 0 N–H and O–H groups in total. The first kappa shape index (κ1) is 17.7. The summed E-state index contributed by atoms with van der Waals surface area (Å²) in [5.74, 6) is -0.00535. The van der Waals surface area contributed by atoms with Crippen LogP contribution in [0.15, 0.2) is 79.9 Å². The molecule has 0 fully saturated rings. The summed E-state index contributed by atoms with van der Waals surface area (Å²) in [4.78, 5) is 25.8. The Labute approximate surface area is 167 Å². The van der Waals surface area contributed by atoms with Crippen molar-refractivity contribution in [3.8, 4) is 16.9 Å². The van der Waals surface area contributed by atoms with E-state index in [9.17, 15) is 9.59 Å². The van der Waals surface area contributed by atoms with Gasteiger partial charge < -0.3 is 9.15 Å². The van der Waals surface area contributed by atoms with Crippen LogP contribution in [0.3, 0.4) is 0 Å². The summed E-state index contributed by atoms with van der Waals surface area (Å²) in [6, 6.07) is 16.0. The van der Waals surface area contributed by atoms with E-state index in [1.54, 1.807) is 18.2 Å². The van der Waals surface area contributed by atoms with E-state index in [1.165, 1.54) is 17.6 Å². The molecule has 0 saturated heterocycles. The molecule has 4 nitrogen and oxygen atoms in total. The minimum atomic E-state index is -0.356. The van der Waals surface area contributed by atoms with Gasteiger partial charge in [0.25, 0.3) is 0 Å². The van der Waals surface area contributed by atoms with Gasteiger partial charge >= 0.3 is 5.97 Å². The van der Waals surface area contributed by atoms with Gasteiger partial charge in [0.15, 0.2) is 5.43 Å². The number of thiophene rings is 1. The SMILES string of the molecule is O=C(Cc1cccs1)Oc1ccc2c(=O)c(-c3ccc(Br)cc3)coc2c1. The molecule has 134 valence electrons. The van der Waals surface area contributed by atoms with Gasteiger partial charge in [-0.2, -0.15) is 0 Å². The van der Waals surface area contributed by atoms with E-state index in [0.717, 1.165) is 14.9 Å². The highest BCUT2D eigenvalue weighted by Gasteiger charge is 2.12. The Morgan fingerprint density at radius 3 is 2.67 bits per heavy atom. The molecule has 4 rings (SSSR count). The summed E-state index contributed by atoms with van der Waals surface area (Å²) < 4.78 is 11.9. The van der Waals surface area contributed by atoms with Gasteiger partial charge in [-0.25, -0.2) is 0 Å². The van der Waals surface area contributed by atoms with E-state index in [2.05, 4.69) is 15.9 Å². The van der Waals surface area contributed by atoms with Crippen molar-refractivity contribution >= 4 is 44.2 Å². The summed E-state index contributed by atoms with van der Waals surface area (Å²) in [5, 5.41) is 2.35. The van der Waals surface area contributed by atoms with E-state index in [1.807, 2.05) is 41.8 Å². The molecule has 2 aromatic heterocycles. The topological polar surface area (TPSA) is 56.5 Å². The number of hydrogen-bond donors (Lipinski definition) is 0. The average molecular weight is 441 g/mol. The molecule has 2 aromatic carbocycles. The highest BCUT2D eigenvalue weighted by molar-refractivity contribution is 9.10. The minimum absolute atomic E-state index is 0.130. The number of carbonyl (C=O) groups excluding carboxylic acids is 1. The molecule has 6 heteroatoms. The molecule has 0 aliphatic rings. The third-order valence-corrected chi connectivity index (χ3v) is 5.44. The van der Waals surface area contributed by atoms with Crippen LogP contribution in [0.2, 0.25) is 0 Å². The van der Waals surface area contributed by atoms with Crippen LogP contribution < -0.4 is 10.2 Å². The van der Waals surface area contributed by atoms with Gasteiger partial charge in [-0.15, -0.1) is 11.3 Å². The van der Waals surface area contributed by atoms with E-state index >= 15 is 0 Å². The Hall–Kier alpha value is -2.70. The van der Waals surface area contributed by atoms with E-state index < -0.39 is 0 Å². The van der Waals surface area contributed by atoms with E-state index in [4.69, 9.17) is 9.15 Å². The fourth-order valence-electron chi connectivity index (χ4n) is 2.72. The molecule has 0 unspecified atom stereocenters. The standard InChI is InChI=1S/C21H13BrO4S/c22-14-5-3-13(4-6-14)18-12-25-19-10-15(7-8-17(19)21(18)24)26-20(23)11-16-2-1-9-27-16/h1-10,12H,11H2. The van der Waals surface area contributed by atoms with Crippen molar-refractivity contribution in [2.24, 2.45) is 0 Å². The van der Waals surface area contributed by atoms with Gasteiger partial charge in [0, 0.05) is 15.4 Å². The number of fused-ring (bicyclic) bond motifs is 1. The predicted octanol–water partition coefficient (Wildman–Crippen LogP) is 5.43. The molecule has 4 aromatic rings. The summed E-state index contributed by atoms with van der Waals surface area (Å²) in [6.45, 7) is 0. The molecule has 0 saturated carbocycles. The van der Waals surface area contributed by atoms with Crippen LogP contribution in [0.25, 0.3) is 22.1 Å². The van der Waals surface area contributed by atoms with Crippen molar-refractivity contribution in [3.63, 3.8) is 0 Å². The summed E-state index contributed by atoms with van der Waals surface area (Å²) in [5.41, 5.74) is 1.51. The largest absolute Gasteiger partial charge is 0.463 e. The van der Waals surface area contributed by atoms with Gasteiger partial charge in [0.2, 0.25) is 0 Å². The van der Waals surface area contributed by atoms with E-state index in [-0.39, 0.29) is 17.8 Å². The van der Waals surface area contributed by atoms with Crippen LogP contribution in [0, 0.1) is 0 Å². The van der Waals surface area contributed by atoms with Gasteiger partial charge in [-0.3, -0.25) is 9.59 Å². The van der Waals surface area contributed by atoms with Crippen LogP contribution in [0.5, 0.6) is 5.75 Å². The number of ether oxygens (including phenoxy) is 1. The second kappa shape index (κ2) is 7.50.